The highest BCUT2D eigenvalue weighted by Crippen LogP contribution is 2.36. The van der Waals surface area contributed by atoms with Crippen molar-refractivity contribution >= 4 is 27.6 Å². The monoisotopic (exact) mass is 412 g/mol. The molecule has 0 aliphatic carbocycles. The van der Waals surface area contributed by atoms with Gasteiger partial charge in [0.15, 0.2) is 0 Å². The molecule has 1 aliphatic rings. The normalized spacial score (nSPS) is 16.5. The average Bonchev–Trinajstić information content (AvgIpc) is 2.63. The fourth-order valence-electron chi connectivity index (χ4n) is 3.08. The van der Waals surface area contributed by atoms with Gasteiger partial charge in [-0.2, -0.15) is 4.31 Å². The number of anilines is 1. The molecule has 0 bridgehead atoms. The number of sulfonamides is 1. The predicted octanol–water partition coefficient (Wildman–Crippen LogP) is 2.17. The van der Waals surface area contributed by atoms with Crippen LogP contribution in [0.2, 0.25) is 0 Å². The average molecular weight is 413 g/mol. The molecule has 0 radical (unpaired) electrons. The Hall–Kier alpha value is -2.13. The number of hydrogen-bond donors (Lipinski definition) is 0. The number of nitrogens with zero attached hydrogens (tertiary/aromatic N) is 2. The number of fused-ring (bicyclic) bond motifs is 1. The Morgan fingerprint density at radius 1 is 1.29 bits per heavy atom. The fraction of sp³-hybridized carbons (Fsp3) is 0.579. The number of benzene rings is 1. The van der Waals surface area contributed by atoms with Crippen molar-refractivity contribution in [3.05, 3.63) is 18.2 Å². The summed E-state index contributed by atoms with van der Waals surface area (Å²) in [5.41, 5.74) is 0.438. The van der Waals surface area contributed by atoms with Crippen LogP contribution in [-0.4, -0.2) is 56.9 Å². The lowest BCUT2D eigenvalue weighted by Gasteiger charge is -2.33. The molecule has 0 saturated heterocycles. The molecule has 2 rings (SSSR count). The second-order valence-corrected chi connectivity index (χ2v) is 8.58. The highest BCUT2D eigenvalue weighted by Gasteiger charge is 2.30. The highest BCUT2D eigenvalue weighted by molar-refractivity contribution is 7.89. The predicted molar refractivity (Wildman–Crippen MR) is 105 cm³/mol. The van der Waals surface area contributed by atoms with Crippen molar-refractivity contribution in [3.8, 4) is 5.75 Å². The lowest BCUT2D eigenvalue weighted by Crippen LogP contribution is -2.41. The quantitative estimate of drug-likeness (QED) is 0.608. The molecule has 1 atom stereocenters. The third kappa shape index (κ3) is 5.02. The van der Waals surface area contributed by atoms with E-state index in [1.807, 2.05) is 13.8 Å². The number of esters is 1. The maximum atomic E-state index is 13.1. The number of hydrogen-bond acceptors (Lipinski definition) is 6. The molecule has 156 valence electrons. The molecule has 0 aromatic heterocycles. The molecule has 1 unspecified atom stereocenters. The van der Waals surface area contributed by atoms with Crippen LogP contribution in [0.4, 0.5) is 5.69 Å². The Labute approximate surface area is 166 Å². The maximum Gasteiger partial charge on any atom is 0.307 e. The highest BCUT2D eigenvalue weighted by atomic mass is 32.2. The number of rotatable bonds is 8. The summed E-state index contributed by atoms with van der Waals surface area (Å²) in [7, 11) is -3.84. The molecule has 9 heteroatoms. The molecule has 8 nitrogen and oxygen atoms in total. The minimum Gasteiger partial charge on any atom is -0.487 e. The number of carbonyl (C=O) groups is 2. The van der Waals surface area contributed by atoms with Crippen molar-refractivity contribution in [2.24, 2.45) is 0 Å². The van der Waals surface area contributed by atoms with Crippen LogP contribution in [0.5, 0.6) is 5.75 Å². The maximum absolute atomic E-state index is 13.1. The molecule has 1 aliphatic heterocycles. The molecular weight excluding hydrogens is 384 g/mol. The van der Waals surface area contributed by atoms with Gasteiger partial charge in [-0.15, -0.1) is 0 Å². The van der Waals surface area contributed by atoms with Gasteiger partial charge in [0.1, 0.15) is 11.9 Å². The lowest BCUT2D eigenvalue weighted by molar-refractivity contribution is -0.143. The summed E-state index contributed by atoms with van der Waals surface area (Å²) in [4.78, 5) is 25.2. The number of ether oxygens (including phenoxy) is 2. The second-order valence-electron chi connectivity index (χ2n) is 6.65. The molecule has 1 aromatic rings. The van der Waals surface area contributed by atoms with Gasteiger partial charge in [0.25, 0.3) is 0 Å². The molecule has 0 fully saturated rings. The Balaban J connectivity index is 2.34. The van der Waals surface area contributed by atoms with E-state index in [2.05, 4.69) is 0 Å². The first-order valence-electron chi connectivity index (χ1n) is 9.45. The van der Waals surface area contributed by atoms with Crippen molar-refractivity contribution in [2.45, 2.75) is 51.5 Å². The first-order valence-corrected chi connectivity index (χ1v) is 10.9. The summed E-state index contributed by atoms with van der Waals surface area (Å²) in [6.07, 6.45) is 0.408. The zero-order chi connectivity index (χ0) is 20.9. The van der Waals surface area contributed by atoms with Crippen molar-refractivity contribution in [1.29, 1.82) is 0 Å². The van der Waals surface area contributed by atoms with Crippen LogP contribution in [0.25, 0.3) is 0 Å². The minimum absolute atomic E-state index is 0.0157. The van der Waals surface area contributed by atoms with E-state index in [1.165, 1.54) is 28.3 Å². The van der Waals surface area contributed by atoms with E-state index >= 15 is 0 Å². The third-order valence-electron chi connectivity index (χ3n) is 4.35. The van der Waals surface area contributed by atoms with Gasteiger partial charge in [-0.25, -0.2) is 8.42 Å². The second kappa shape index (κ2) is 9.38. The van der Waals surface area contributed by atoms with E-state index in [0.29, 0.717) is 24.4 Å². The molecule has 1 heterocycles. The molecule has 0 N–H and O–H groups in total. The summed E-state index contributed by atoms with van der Waals surface area (Å²) in [6, 6.07) is 4.51. The molecule has 28 heavy (non-hydrogen) atoms. The standard InChI is InChI=1S/C19H28N2O6S/c1-5-10-20(11-9-19(23)26-6-2)28(24,25)16-7-8-18-17(12-16)21(15(4)22)13-14(3)27-18/h7-8,12,14H,5-6,9-11,13H2,1-4H3. The lowest BCUT2D eigenvalue weighted by atomic mass is 10.2. The summed E-state index contributed by atoms with van der Waals surface area (Å²) >= 11 is 0. The Bertz CT molecular complexity index is 824. The SMILES string of the molecule is CCCN(CCC(=O)OCC)S(=O)(=O)c1ccc2c(c1)N(C(C)=O)CC(C)O2. The third-order valence-corrected chi connectivity index (χ3v) is 6.25. The van der Waals surface area contributed by atoms with E-state index in [1.54, 1.807) is 13.0 Å². The smallest absolute Gasteiger partial charge is 0.307 e. The first kappa shape index (κ1) is 22.2. The molecule has 1 amide bonds. The van der Waals surface area contributed by atoms with Crippen LogP contribution in [0.3, 0.4) is 0 Å². The van der Waals surface area contributed by atoms with Crippen molar-refractivity contribution in [2.75, 3.05) is 31.1 Å². The largest absolute Gasteiger partial charge is 0.487 e. The molecule has 0 saturated carbocycles. The van der Waals surface area contributed by atoms with Crippen LogP contribution >= 0.6 is 0 Å². The van der Waals surface area contributed by atoms with Gasteiger partial charge in [0.2, 0.25) is 15.9 Å². The van der Waals surface area contributed by atoms with Gasteiger partial charge in [0.05, 0.1) is 30.2 Å². The molecular formula is C19H28N2O6S. The van der Waals surface area contributed by atoms with Gasteiger partial charge in [-0.05, 0) is 38.5 Å². The molecule has 1 aromatic carbocycles. The van der Waals surface area contributed by atoms with Crippen molar-refractivity contribution in [1.82, 2.24) is 4.31 Å². The zero-order valence-electron chi connectivity index (χ0n) is 16.8. The summed E-state index contributed by atoms with van der Waals surface area (Å²) in [5.74, 6) is -0.144. The van der Waals surface area contributed by atoms with Gasteiger partial charge < -0.3 is 14.4 Å². The van der Waals surface area contributed by atoms with Crippen LogP contribution in [0.15, 0.2) is 23.1 Å². The summed E-state index contributed by atoms with van der Waals surface area (Å²) in [5, 5.41) is 0. The summed E-state index contributed by atoms with van der Waals surface area (Å²) < 4.78 is 38.2. The number of carbonyl (C=O) groups excluding carboxylic acids is 2. The van der Waals surface area contributed by atoms with Gasteiger partial charge >= 0.3 is 5.97 Å². The van der Waals surface area contributed by atoms with E-state index in [4.69, 9.17) is 9.47 Å². The Morgan fingerprint density at radius 3 is 2.61 bits per heavy atom. The van der Waals surface area contributed by atoms with Gasteiger partial charge in [-0.1, -0.05) is 6.92 Å². The Morgan fingerprint density at radius 2 is 2.00 bits per heavy atom. The number of amides is 1. The topological polar surface area (TPSA) is 93.2 Å². The fourth-order valence-corrected chi connectivity index (χ4v) is 4.63. The van der Waals surface area contributed by atoms with Gasteiger partial charge in [-0.3, -0.25) is 9.59 Å². The first-order chi connectivity index (χ1) is 13.2. The van der Waals surface area contributed by atoms with Crippen LogP contribution in [0, 0.1) is 0 Å². The molecule has 0 spiro atoms. The van der Waals surface area contributed by atoms with E-state index in [-0.39, 0.29) is 43.0 Å². The van der Waals surface area contributed by atoms with Crippen LogP contribution in [-0.2, 0) is 24.3 Å². The van der Waals surface area contributed by atoms with Crippen LogP contribution < -0.4 is 9.64 Å². The van der Waals surface area contributed by atoms with E-state index < -0.39 is 16.0 Å². The zero-order valence-corrected chi connectivity index (χ0v) is 17.6. The van der Waals surface area contributed by atoms with Crippen LogP contribution in [0.1, 0.15) is 40.5 Å². The van der Waals surface area contributed by atoms with Crippen molar-refractivity contribution in [3.63, 3.8) is 0 Å². The minimum atomic E-state index is -3.84. The van der Waals surface area contributed by atoms with Gasteiger partial charge in [0, 0.05) is 20.0 Å². The van der Waals surface area contributed by atoms with E-state index in [0.717, 1.165) is 0 Å². The van der Waals surface area contributed by atoms with E-state index in [9.17, 15) is 18.0 Å². The van der Waals surface area contributed by atoms with Crippen molar-refractivity contribution < 1.29 is 27.5 Å². The summed E-state index contributed by atoms with van der Waals surface area (Å²) in [6.45, 7) is 7.78. The Kier molecular flexibility index (Phi) is 7.42.